The summed E-state index contributed by atoms with van der Waals surface area (Å²) in [5, 5.41) is 15.3. The van der Waals surface area contributed by atoms with E-state index in [0.29, 0.717) is 5.69 Å². The highest BCUT2D eigenvalue weighted by Gasteiger charge is 2.36. The first-order valence-electron chi connectivity index (χ1n) is 13.1. The number of fused-ring (bicyclic) bond motifs is 1. The minimum absolute atomic E-state index is 0.0630. The van der Waals surface area contributed by atoms with Crippen molar-refractivity contribution < 1.29 is 37.4 Å². The van der Waals surface area contributed by atoms with E-state index in [4.69, 9.17) is 4.74 Å². The highest BCUT2D eigenvalue weighted by Crippen LogP contribution is 2.37. The summed E-state index contributed by atoms with van der Waals surface area (Å²) >= 11 is 0. The molecule has 1 saturated carbocycles. The van der Waals surface area contributed by atoms with E-state index in [-0.39, 0.29) is 60.3 Å². The lowest BCUT2D eigenvalue weighted by Gasteiger charge is -2.38. The molecule has 9 nitrogen and oxygen atoms in total. The number of hydrogen-bond acceptors (Lipinski definition) is 5. The van der Waals surface area contributed by atoms with Gasteiger partial charge in [-0.1, -0.05) is 13.0 Å². The number of para-hydroxylation sites is 1. The molecule has 0 radical (unpaired) electrons. The van der Waals surface area contributed by atoms with Crippen molar-refractivity contribution in [2.45, 2.75) is 45.0 Å². The number of carbonyl (C=O) groups is 3. The lowest BCUT2D eigenvalue weighted by Crippen LogP contribution is -2.50. The molecule has 216 valence electrons. The van der Waals surface area contributed by atoms with Crippen LogP contribution in [0.5, 0.6) is 5.75 Å². The van der Waals surface area contributed by atoms with Crippen molar-refractivity contribution in [1.82, 2.24) is 9.80 Å². The Morgan fingerprint density at radius 1 is 1.15 bits per heavy atom. The molecule has 2 aromatic rings. The molecule has 4 amide bonds. The Hall–Kier alpha value is -3.80. The molecular weight excluding hydrogens is 529 g/mol. The van der Waals surface area contributed by atoms with Crippen molar-refractivity contribution >= 4 is 29.2 Å². The first kappa shape index (κ1) is 29.2. The molecule has 3 atom stereocenters. The standard InChI is InChI=1S/C28H33F3N4O5/c1-16-13-35(17(2)15-36)26(38)21-5-4-6-22(33-25(37)18-7-8-18)24(21)40-23(16)14-34(3)27(39)32-20-11-9-19(10-12-20)28(29,30)31/h4-6,9-12,16-18,23,36H,7-8,13-15H2,1-3H3,(H,32,39)(H,33,37)/t16-,17+,23+/m0/s1. The maximum Gasteiger partial charge on any atom is 0.416 e. The van der Waals surface area contributed by atoms with Crippen molar-refractivity contribution in [2.24, 2.45) is 11.8 Å². The van der Waals surface area contributed by atoms with Crippen LogP contribution in [0.3, 0.4) is 0 Å². The minimum Gasteiger partial charge on any atom is -0.485 e. The number of likely N-dealkylation sites (N-methyl/N-ethyl adjacent to an activating group) is 1. The van der Waals surface area contributed by atoms with E-state index in [0.717, 1.165) is 25.0 Å². The van der Waals surface area contributed by atoms with Crippen molar-refractivity contribution in [2.75, 3.05) is 37.4 Å². The van der Waals surface area contributed by atoms with Crippen molar-refractivity contribution in [3.05, 3.63) is 53.6 Å². The maximum atomic E-state index is 13.5. The first-order chi connectivity index (χ1) is 18.9. The van der Waals surface area contributed by atoms with Gasteiger partial charge in [0.25, 0.3) is 5.91 Å². The molecule has 0 spiro atoms. The van der Waals surface area contributed by atoms with Gasteiger partial charge in [-0.05, 0) is 56.2 Å². The van der Waals surface area contributed by atoms with Gasteiger partial charge < -0.3 is 30.3 Å². The van der Waals surface area contributed by atoms with Gasteiger partial charge in [0.05, 0.1) is 36.0 Å². The summed E-state index contributed by atoms with van der Waals surface area (Å²) in [7, 11) is 1.52. The number of carbonyl (C=O) groups excluding carboxylic acids is 3. The van der Waals surface area contributed by atoms with Gasteiger partial charge in [-0.2, -0.15) is 13.2 Å². The lowest BCUT2D eigenvalue weighted by molar-refractivity contribution is -0.137. The van der Waals surface area contributed by atoms with Gasteiger partial charge in [-0.15, -0.1) is 0 Å². The largest absolute Gasteiger partial charge is 0.485 e. The second-order valence-corrected chi connectivity index (χ2v) is 10.5. The molecule has 0 saturated heterocycles. The van der Waals surface area contributed by atoms with Gasteiger partial charge in [-0.3, -0.25) is 9.59 Å². The van der Waals surface area contributed by atoms with Crippen LogP contribution < -0.4 is 15.4 Å². The SMILES string of the molecule is C[C@H](CO)N1C[C@H](C)[C@@H](CN(C)C(=O)Nc2ccc(C(F)(F)F)cc2)Oc2c(NC(=O)C3CC3)cccc2C1=O. The fourth-order valence-electron chi connectivity index (χ4n) is 4.45. The van der Waals surface area contributed by atoms with Crippen LogP contribution in [0.15, 0.2) is 42.5 Å². The van der Waals surface area contributed by atoms with Crippen LogP contribution in [-0.4, -0.2) is 71.6 Å². The van der Waals surface area contributed by atoms with Gasteiger partial charge in [-0.25, -0.2) is 4.79 Å². The highest BCUT2D eigenvalue weighted by molar-refractivity contribution is 6.02. The number of amides is 4. The van der Waals surface area contributed by atoms with Crippen molar-refractivity contribution in [3.63, 3.8) is 0 Å². The Kier molecular flexibility index (Phi) is 8.57. The van der Waals surface area contributed by atoms with Gasteiger partial charge in [0.15, 0.2) is 5.75 Å². The topological polar surface area (TPSA) is 111 Å². The van der Waals surface area contributed by atoms with Gasteiger partial charge in [0.1, 0.15) is 6.10 Å². The van der Waals surface area contributed by atoms with E-state index < -0.39 is 29.9 Å². The molecule has 3 N–H and O–H groups in total. The second kappa shape index (κ2) is 11.7. The van der Waals surface area contributed by atoms with E-state index >= 15 is 0 Å². The summed E-state index contributed by atoms with van der Waals surface area (Å²) in [6.45, 7) is 3.62. The lowest BCUT2D eigenvalue weighted by atomic mass is 9.99. The van der Waals surface area contributed by atoms with Crippen LogP contribution in [0.2, 0.25) is 0 Å². The molecule has 0 aromatic heterocycles. The summed E-state index contributed by atoms with van der Waals surface area (Å²) in [5.74, 6) is -0.715. The second-order valence-electron chi connectivity index (χ2n) is 10.5. The summed E-state index contributed by atoms with van der Waals surface area (Å²) in [4.78, 5) is 41.9. The Morgan fingerprint density at radius 3 is 2.42 bits per heavy atom. The molecule has 1 heterocycles. The maximum absolute atomic E-state index is 13.5. The number of hydrogen-bond donors (Lipinski definition) is 3. The van der Waals surface area contributed by atoms with Crippen LogP contribution in [0, 0.1) is 11.8 Å². The smallest absolute Gasteiger partial charge is 0.416 e. The van der Waals surface area contributed by atoms with E-state index in [2.05, 4.69) is 10.6 Å². The molecule has 1 aliphatic carbocycles. The molecule has 12 heteroatoms. The minimum atomic E-state index is -4.49. The fraction of sp³-hybridized carbons (Fsp3) is 0.464. The van der Waals surface area contributed by atoms with E-state index in [1.807, 2.05) is 6.92 Å². The number of ether oxygens (including phenoxy) is 1. The number of benzene rings is 2. The van der Waals surface area contributed by atoms with Crippen LogP contribution in [0.1, 0.15) is 42.6 Å². The van der Waals surface area contributed by atoms with Crippen LogP contribution in [0.25, 0.3) is 0 Å². The van der Waals surface area contributed by atoms with Gasteiger partial charge >= 0.3 is 12.2 Å². The van der Waals surface area contributed by atoms with Crippen LogP contribution >= 0.6 is 0 Å². The Labute approximate surface area is 230 Å². The summed E-state index contributed by atoms with van der Waals surface area (Å²) in [6, 6.07) is 7.95. The molecule has 2 aliphatic rings. The zero-order valence-electron chi connectivity index (χ0n) is 22.5. The molecule has 40 heavy (non-hydrogen) atoms. The predicted molar refractivity (Wildman–Crippen MR) is 142 cm³/mol. The molecule has 1 fully saturated rings. The normalized spacial score (nSPS) is 20.0. The number of halogens is 3. The molecule has 0 bridgehead atoms. The van der Waals surface area contributed by atoms with Crippen LogP contribution in [-0.2, 0) is 11.0 Å². The number of anilines is 2. The van der Waals surface area contributed by atoms with E-state index in [1.54, 1.807) is 30.0 Å². The number of aliphatic hydroxyl groups excluding tert-OH is 1. The summed E-state index contributed by atoms with van der Waals surface area (Å²) < 4.78 is 45.0. The third kappa shape index (κ3) is 6.67. The van der Waals surface area contributed by atoms with Crippen molar-refractivity contribution in [3.8, 4) is 5.75 Å². The molecule has 0 unspecified atom stereocenters. The first-order valence-corrected chi connectivity index (χ1v) is 13.1. The van der Waals surface area contributed by atoms with Gasteiger partial charge in [0, 0.05) is 31.1 Å². The average molecular weight is 563 g/mol. The Balaban J connectivity index is 1.57. The van der Waals surface area contributed by atoms with Crippen LogP contribution in [0.4, 0.5) is 29.3 Å². The summed E-state index contributed by atoms with van der Waals surface area (Å²) in [5.41, 5.74) is -0.0616. The summed E-state index contributed by atoms with van der Waals surface area (Å²) in [6.07, 6.45) is -3.54. The zero-order chi connectivity index (χ0) is 29.2. The van der Waals surface area contributed by atoms with Gasteiger partial charge in [0.2, 0.25) is 5.91 Å². The number of nitrogens with zero attached hydrogens (tertiary/aromatic N) is 2. The van der Waals surface area contributed by atoms with E-state index in [9.17, 15) is 32.7 Å². The quantitative estimate of drug-likeness (QED) is 0.462. The monoisotopic (exact) mass is 562 g/mol. The van der Waals surface area contributed by atoms with E-state index in [1.165, 1.54) is 24.1 Å². The number of aliphatic hydroxyl groups is 1. The van der Waals surface area contributed by atoms with Crippen molar-refractivity contribution in [1.29, 1.82) is 0 Å². The zero-order valence-corrected chi connectivity index (χ0v) is 22.5. The Morgan fingerprint density at radius 2 is 1.82 bits per heavy atom. The molecular formula is C28H33F3N4O5. The predicted octanol–water partition coefficient (Wildman–Crippen LogP) is 4.44. The third-order valence-electron chi connectivity index (χ3n) is 7.16. The number of rotatable bonds is 7. The third-order valence-corrected chi connectivity index (χ3v) is 7.16. The molecule has 4 rings (SSSR count). The highest BCUT2D eigenvalue weighted by atomic mass is 19.4. The molecule has 2 aromatic carbocycles. The number of alkyl halides is 3. The number of nitrogens with one attached hydrogen (secondary N) is 2. The fourth-order valence-corrected chi connectivity index (χ4v) is 4.45. The number of urea groups is 1. The molecule has 1 aliphatic heterocycles. The Bertz CT molecular complexity index is 1250. The average Bonchev–Trinajstić information content (AvgIpc) is 3.76.